The van der Waals surface area contributed by atoms with Crippen LogP contribution in [0.1, 0.15) is 55.9 Å². The largest absolute Gasteiger partial charge is 0.476 e. The second-order valence-electron chi connectivity index (χ2n) is 4.46. The summed E-state index contributed by atoms with van der Waals surface area (Å²) < 4.78 is 24.5. The first-order valence-electron chi connectivity index (χ1n) is 6.49. The number of carbonyl (C=O) groups is 1. The summed E-state index contributed by atoms with van der Waals surface area (Å²) in [5, 5.41) is 12.2. The predicted octanol–water partition coefficient (Wildman–Crippen LogP) is 2.12. The minimum Gasteiger partial charge on any atom is -0.476 e. The van der Waals surface area contributed by atoms with Crippen LogP contribution in [-0.4, -0.2) is 34.4 Å². The number of nitrogens with zero attached hydrogens (tertiary/aromatic N) is 2. The molecule has 1 N–H and O–H groups in total. The molecule has 0 fully saturated rings. The van der Waals surface area contributed by atoms with Crippen molar-refractivity contribution in [3.63, 3.8) is 0 Å². The second-order valence-corrected chi connectivity index (χ2v) is 6.41. The van der Waals surface area contributed by atoms with Crippen molar-refractivity contribution in [2.75, 3.05) is 5.75 Å². The minimum absolute atomic E-state index is 0.000135. The average Bonchev–Trinajstić information content (AvgIpc) is 2.84. The Morgan fingerprint density at radius 1 is 1.26 bits per heavy atom. The molecule has 1 aromatic heterocycles. The summed E-state index contributed by atoms with van der Waals surface area (Å²) in [6.07, 6.45) is 7.11. The number of carboxylic acid groups (broad SMARTS) is 1. The molecule has 0 unspecified atom stereocenters. The lowest BCUT2D eigenvalue weighted by molar-refractivity contribution is 0.0690. The number of aromatic carboxylic acids is 1. The maximum Gasteiger partial charge on any atom is 0.356 e. The highest BCUT2D eigenvalue weighted by molar-refractivity contribution is 7.89. The van der Waals surface area contributed by atoms with Crippen LogP contribution in [0.15, 0.2) is 12.3 Å². The van der Waals surface area contributed by atoms with Crippen molar-refractivity contribution in [2.45, 2.75) is 45.4 Å². The molecule has 0 aromatic carbocycles. The maximum absolute atomic E-state index is 11.9. The fraction of sp³-hybridized carbons (Fsp3) is 0.667. The van der Waals surface area contributed by atoms with Crippen LogP contribution in [0.5, 0.6) is 0 Å². The summed E-state index contributed by atoms with van der Waals surface area (Å²) in [7, 11) is -3.52. The molecule has 0 amide bonds. The second kappa shape index (κ2) is 7.28. The smallest absolute Gasteiger partial charge is 0.356 e. The van der Waals surface area contributed by atoms with Crippen molar-refractivity contribution in [2.24, 2.45) is 0 Å². The first kappa shape index (κ1) is 15.7. The lowest BCUT2D eigenvalue weighted by Crippen LogP contribution is -2.18. The van der Waals surface area contributed by atoms with Crippen LogP contribution in [0, 0.1) is 0 Å². The average molecular weight is 288 g/mol. The van der Waals surface area contributed by atoms with Crippen LogP contribution in [0.4, 0.5) is 0 Å². The van der Waals surface area contributed by atoms with E-state index in [1.807, 2.05) is 0 Å². The summed E-state index contributed by atoms with van der Waals surface area (Å²) in [6.45, 7) is 2.13. The lowest BCUT2D eigenvalue weighted by Gasteiger charge is -2.04. The SMILES string of the molecule is CCCCCCCCS(=O)(=O)n1ccc(C(=O)O)n1. The summed E-state index contributed by atoms with van der Waals surface area (Å²) in [5.41, 5.74) is -0.258. The van der Waals surface area contributed by atoms with Gasteiger partial charge in [0.2, 0.25) is 0 Å². The van der Waals surface area contributed by atoms with E-state index in [4.69, 9.17) is 5.11 Å². The molecule has 19 heavy (non-hydrogen) atoms. The van der Waals surface area contributed by atoms with E-state index < -0.39 is 16.0 Å². The minimum atomic E-state index is -3.52. The Morgan fingerprint density at radius 3 is 2.47 bits per heavy atom. The van der Waals surface area contributed by atoms with E-state index in [9.17, 15) is 13.2 Å². The molecule has 0 spiro atoms. The zero-order chi connectivity index (χ0) is 14.3. The number of aromatic nitrogens is 2. The number of unbranched alkanes of at least 4 members (excludes halogenated alkanes) is 5. The van der Waals surface area contributed by atoms with E-state index in [2.05, 4.69) is 12.0 Å². The Balaban J connectivity index is 2.44. The molecule has 0 aliphatic rings. The van der Waals surface area contributed by atoms with Crippen LogP contribution < -0.4 is 0 Å². The van der Waals surface area contributed by atoms with Crippen LogP contribution in [0.25, 0.3) is 0 Å². The number of carboxylic acids is 1. The van der Waals surface area contributed by atoms with E-state index in [1.54, 1.807) is 0 Å². The van der Waals surface area contributed by atoms with Gasteiger partial charge in [0.1, 0.15) is 0 Å². The van der Waals surface area contributed by atoms with Crippen LogP contribution >= 0.6 is 0 Å². The van der Waals surface area contributed by atoms with E-state index >= 15 is 0 Å². The predicted molar refractivity (Wildman–Crippen MR) is 71.7 cm³/mol. The fourth-order valence-electron chi connectivity index (χ4n) is 1.73. The van der Waals surface area contributed by atoms with Gasteiger partial charge < -0.3 is 5.11 Å². The molecule has 6 nitrogen and oxygen atoms in total. The monoisotopic (exact) mass is 288 g/mol. The number of hydrogen-bond donors (Lipinski definition) is 1. The van der Waals surface area contributed by atoms with E-state index in [0.29, 0.717) is 6.42 Å². The van der Waals surface area contributed by atoms with Gasteiger partial charge in [-0.05, 0) is 12.5 Å². The summed E-state index contributed by atoms with van der Waals surface area (Å²) in [4.78, 5) is 10.6. The van der Waals surface area contributed by atoms with Crippen LogP contribution in [-0.2, 0) is 10.0 Å². The number of hydrogen-bond acceptors (Lipinski definition) is 4. The summed E-state index contributed by atoms with van der Waals surface area (Å²) in [6, 6.07) is 1.18. The van der Waals surface area contributed by atoms with Gasteiger partial charge in [0.05, 0.1) is 5.75 Å². The van der Waals surface area contributed by atoms with E-state index in [0.717, 1.165) is 29.8 Å². The van der Waals surface area contributed by atoms with Crippen molar-refractivity contribution >= 4 is 16.0 Å². The Labute approximate surface area is 113 Å². The fourth-order valence-corrected chi connectivity index (χ4v) is 2.95. The Bertz CT molecular complexity index is 508. The Morgan fingerprint density at radius 2 is 1.89 bits per heavy atom. The van der Waals surface area contributed by atoms with Gasteiger partial charge in [-0.15, -0.1) is 0 Å². The zero-order valence-corrected chi connectivity index (χ0v) is 11.9. The van der Waals surface area contributed by atoms with Gasteiger partial charge in [0.15, 0.2) is 5.69 Å². The molecule has 0 saturated carbocycles. The van der Waals surface area contributed by atoms with Gasteiger partial charge in [0, 0.05) is 6.20 Å². The van der Waals surface area contributed by atoms with Crippen molar-refractivity contribution in [1.29, 1.82) is 0 Å². The third-order valence-corrected chi connectivity index (χ3v) is 4.40. The van der Waals surface area contributed by atoms with Gasteiger partial charge >= 0.3 is 5.97 Å². The maximum atomic E-state index is 11.9. The highest BCUT2D eigenvalue weighted by Crippen LogP contribution is 2.08. The quantitative estimate of drug-likeness (QED) is 0.703. The third-order valence-electron chi connectivity index (χ3n) is 2.83. The summed E-state index contributed by atoms with van der Waals surface area (Å²) in [5.74, 6) is -1.23. The van der Waals surface area contributed by atoms with Gasteiger partial charge in [-0.25, -0.2) is 13.2 Å². The normalized spacial score (nSPS) is 11.6. The molecule has 7 heteroatoms. The Kier molecular flexibility index (Phi) is 6.01. The van der Waals surface area contributed by atoms with Crippen molar-refractivity contribution in [3.8, 4) is 0 Å². The molecular weight excluding hydrogens is 268 g/mol. The molecule has 0 radical (unpaired) electrons. The molecule has 1 rings (SSSR count). The lowest BCUT2D eigenvalue weighted by atomic mass is 10.1. The van der Waals surface area contributed by atoms with Gasteiger partial charge in [-0.2, -0.15) is 9.19 Å². The summed E-state index contributed by atoms with van der Waals surface area (Å²) >= 11 is 0. The molecule has 0 aliphatic heterocycles. The first-order chi connectivity index (χ1) is 8.97. The van der Waals surface area contributed by atoms with Crippen molar-refractivity contribution in [1.82, 2.24) is 9.19 Å². The van der Waals surface area contributed by atoms with Gasteiger partial charge in [-0.1, -0.05) is 39.0 Å². The molecule has 0 aliphatic carbocycles. The molecule has 1 aromatic rings. The molecular formula is C12H20N2O4S. The van der Waals surface area contributed by atoms with Crippen molar-refractivity contribution in [3.05, 3.63) is 18.0 Å². The molecule has 108 valence electrons. The zero-order valence-electron chi connectivity index (χ0n) is 11.1. The standard InChI is InChI=1S/C12H20N2O4S/c1-2-3-4-5-6-7-10-19(17,18)14-9-8-11(13-14)12(15)16/h8-9H,2-7,10H2,1H3,(H,15,16). The number of rotatable bonds is 9. The molecule has 0 atom stereocenters. The Hall–Kier alpha value is -1.37. The molecule has 0 saturated heterocycles. The highest BCUT2D eigenvalue weighted by Gasteiger charge is 2.16. The first-order valence-corrected chi connectivity index (χ1v) is 8.10. The van der Waals surface area contributed by atoms with Gasteiger partial charge in [0.25, 0.3) is 10.0 Å². The van der Waals surface area contributed by atoms with Crippen molar-refractivity contribution < 1.29 is 18.3 Å². The highest BCUT2D eigenvalue weighted by atomic mass is 32.2. The topological polar surface area (TPSA) is 89.3 Å². The van der Waals surface area contributed by atoms with Crippen LogP contribution in [0.2, 0.25) is 0 Å². The van der Waals surface area contributed by atoms with E-state index in [1.165, 1.54) is 18.7 Å². The molecule has 0 bridgehead atoms. The van der Waals surface area contributed by atoms with Gasteiger partial charge in [-0.3, -0.25) is 0 Å². The molecule has 1 heterocycles. The van der Waals surface area contributed by atoms with E-state index in [-0.39, 0.29) is 11.4 Å². The third kappa shape index (κ3) is 5.02. The van der Waals surface area contributed by atoms with Crippen LogP contribution in [0.3, 0.4) is 0 Å².